The number of amides is 1. The summed E-state index contributed by atoms with van der Waals surface area (Å²) in [6, 6.07) is 5.60. The molecule has 4 nitrogen and oxygen atoms in total. The summed E-state index contributed by atoms with van der Waals surface area (Å²) in [5.41, 5.74) is 3.18. The molecule has 1 aromatic rings. The zero-order valence-electron chi connectivity index (χ0n) is 9.13. The summed E-state index contributed by atoms with van der Waals surface area (Å²) in [6.07, 6.45) is 1.95. The largest absolute Gasteiger partial charge is 0.495 e. The second kappa shape index (κ2) is 6.35. The van der Waals surface area contributed by atoms with Gasteiger partial charge in [0.05, 0.1) is 12.1 Å². The van der Waals surface area contributed by atoms with E-state index in [-0.39, 0.29) is 5.91 Å². The van der Waals surface area contributed by atoms with Crippen molar-refractivity contribution in [3.8, 4) is 5.75 Å². The molecule has 5 heteroatoms. The molecule has 0 aliphatic rings. The summed E-state index contributed by atoms with van der Waals surface area (Å²) >= 11 is 5.97. The number of rotatable bonds is 5. The molecule has 0 aromatic heterocycles. The van der Waals surface area contributed by atoms with Gasteiger partial charge in [-0.05, 0) is 30.5 Å². The molecule has 0 fully saturated rings. The van der Waals surface area contributed by atoms with Gasteiger partial charge in [0.1, 0.15) is 5.75 Å². The molecule has 0 aliphatic heterocycles. The number of benzene rings is 1. The van der Waals surface area contributed by atoms with Crippen molar-refractivity contribution in [1.82, 2.24) is 5.43 Å². The topological polar surface area (TPSA) is 64.3 Å². The second-order valence-electron chi connectivity index (χ2n) is 3.39. The summed E-state index contributed by atoms with van der Waals surface area (Å²) in [5.74, 6) is 5.48. The van der Waals surface area contributed by atoms with Crippen LogP contribution < -0.4 is 16.0 Å². The van der Waals surface area contributed by atoms with Crippen molar-refractivity contribution < 1.29 is 9.53 Å². The molecule has 0 saturated heterocycles. The number of carbonyl (C=O) groups is 1. The summed E-state index contributed by atoms with van der Waals surface area (Å²) in [5, 5.41) is 0.586. The van der Waals surface area contributed by atoms with E-state index in [1.54, 1.807) is 7.11 Å². The molecule has 0 saturated carbocycles. The third-order valence-corrected chi connectivity index (χ3v) is 2.54. The Labute approximate surface area is 99.7 Å². The minimum Gasteiger partial charge on any atom is -0.495 e. The van der Waals surface area contributed by atoms with Gasteiger partial charge >= 0.3 is 0 Å². The van der Waals surface area contributed by atoms with Crippen molar-refractivity contribution in [2.24, 2.45) is 5.84 Å². The van der Waals surface area contributed by atoms with E-state index >= 15 is 0 Å². The van der Waals surface area contributed by atoms with Crippen LogP contribution in [0.25, 0.3) is 0 Å². The van der Waals surface area contributed by atoms with Crippen molar-refractivity contribution in [3.63, 3.8) is 0 Å². The normalized spacial score (nSPS) is 9.94. The fourth-order valence-corrected chi connectivity index (χ4v) is 1.67. The van der Waals surface area contributed by atoms with E-state index in [0.29, 0.717) is 17.2 Å². The van der Waals surface area contributed by atoms with E-state index in [1.807, 2.05) is 18.2 Å². The predicted octanol–water partition coefficient (Wildman–Crippen LogP) is 1.66. The number of carbonyl (C=O) groups excluding carboxylic acids is 1. The Kier molecular flexibility index (Phi) is 5.08. The average Bonchev–Trinajstić information content (AvgIpc) is 2.29. The minimum atomic E-state index is -0.153. The Morgan fingerprint density at radius 1 is 1.56 bits per heavy atom. The number of halogens is 1. The van der Waals surface area contributed by atoms with Gasteiger partial charge in [0.15, 0.2) is 0 Å². The lowest BCUT2D eigenvalue weighted by Gasteiger charge is -2.05. The van der Waals surface area contributed by atoms with Gasteiger partial charge < -0.3 is 4.74 Å². The van der Waals surface area contributed by atoms with E-state index in [1.165, 1.54) is 0 Å². The Balaban J connectivity index is 2.49. The van der Waals surface area contributed by atoms with Crippen LogP contribution in [-0.2, 0) is 11.2 Å². The smallest absolute Gasteiger partial charge is 0.233 e. The first-order valence-electron chi connectivity index (χ1n) is 4.99. The van der Waals surface area contributed by atoms with Crippen molar-refractivity contribution >= 4 is 17.5 Å². The molecule has 0 bridgehead atoms. The molecule has 0 aliphatic carbocycles. The Morgan fingerprint density at radius 3 is 2.88 bits per heavy atom. The van der Waals surface area contributed by atoms with Crippen LogP contribution in [0.3, 0.4) is 0 Å². The molecule has 1 amide bonds. The molecule has 16 heavy (non-hydrogen) atoms. The fraction of sp³-hybridized carbons (Fsp3) is 0.364. The van der Waals surface area contributed by atoms with Crippen LogP contribution in [0, 0.1) is 0 Å². The highest BCUT2D eigenvalue weighted by atomic mass is 35.5. The number of aryl methyl sites for hydroxylation is 1. The minimum absolute atomic E-state index is 0.153. The first-order valence-corrected chi connectivity index (χ1v) is 5.37. The third kappa shape index (κ3) is 3.72. The summed E-state index contributed by atoms with van der Waals surface area (Å²) in [7, 11) is 1.58. The lowest BCUT2D eigenvalue weighted by molar-refractivity contribution is -0.121. The number of hydrogen-bond donors (Lipinski definition) is 2. The Bertz CT molecular complexity index is 369. The van der Waals surface area contributed by atoms with Gasteiger partial charge in [-0.25, -0.2) is 5.84 Å². The lowest BCUT2D eigenvalue weighted by Crippen LogP contribution is -2.29. The number of hydrazine groups is 1. The van der Waals surface area contributed by atoms with E-state index in [4.69, 9.17) is 22.2 Å². The van der Waals surface area contributed by atoms with Crippen molar-refractivity contribution in [2.75, 3.05) is 7.11 Å². The highest BCUT2D eigenvalue weighted by Gasteiger charge is 2.03. The van der Waals surface area contributed by atoms with Crippen molar-refractivity contribution in [3.05, 3.63) is 28.8 Å². The summed E-state index contributed by atoms with van der Waals surface area (Å²) in [4.78, 5) is 10.9. The quantitative estimate of drug-likeness (QED) is 0.469. The lowest BCUT2D eigenvalue weighted by atomic mass is 10.1. The number of ether oxygens (including phenoxy) is 1. The van der Waals surface area contributed by atoms with Gasteiger partial charge in [-0.15, -0.1) is 0 Å². The molecule has 88 valence electrons. The highest BCUT2D eigenvalue weighted by molar-refractivity contribution is 6.32. The molecule has 3 N–H and O–H groups in total. The summed E-state index contributed by atoms with van der Waals surface area (Å²) in [6.45, 7) is 0. The molecule has 1 rings (SSSR count). The average molecular weight is 243 g/mol. The standard InChI is InChI=1S/C11H15ClN2O2/c1-16-10-6-5-8(7-9(10)12)3-2-4-11(15)14-13/h5-7H,2-4,13H2,1H3,(H,14,15). The molecular weight excluding hydrogens is 228 g/mol. The Morgan fingerprint density at radius 2 is 2.31 bits per heavy atom. The van der Waals surface area contributed by atoms with Gasteiger partial charge in [0.2, 0.25) is 5.91 Å². The van der Waals surface area contributed by atoms with Gasteiger partial charge in [0.25, 0.3) is 0 Å². The maximum absolute atomic E-state index is 10.9. The van der Waals surface area contributed by atoms with Gasteiger partial charge in [-0.3, -0.25) is 10.2 Å². The zero-order chi connectivity index (χ0) is 12.0. The van der Waals surface area contributed by atoms with Crippen LogP contribution in [0.4, 0.5) is 0 Å². The monoisotopic (exact) mass is 242 g/mol. The number of hydrogen-bond acceptors (Lipinski definition) is 3. The van der Waals surface area contributed by atoms with Crippen molar-refractivity contribution in [1.29, 1.82) is 0 Å². The van der Waals surface area contributed by atoms with E-state index in [0.717, 1.165) is 18.4 Å². The van der Waals surface area contributed by atoms with E-state index in [9.17, 15) is 4.79 Å². The van der Waals surface area contributed by atoms with Crippen LogP contribution in [0.1, 0.15) is 18.4 Å². The van der Waals surface area contributed by atoms with E-state index < -0.39 is 0 Å². The maximum Gasteiger partial charge on any atom is 0.233 e. The predicted molar refractivity (Wildman–Crippen MR) is 63.3 cm³/mol. The van der Waals surface area contributed by atoms with Crippen LogP contribution in [0.5, 0.6) is 5.75 Å². The maximum atomic E-state index is 10.9. The first kappa shape index (κ1) is 12.8. The summed E-state index contributed by atoms with van der Waals surface area (Å²) < 4.78 is 5.05. The molecular formula is C11H15ClN2O2. The molecule has 0 radical (unpaired) electrons. The van der Waals surface area contributed by atoms with Crippen LogP contribution in [-0.4, -0.2) is 13.0 Å². The fourth-order valence-electron chi connectivity index (χ4n) is 1.39. The van der Waals surface area contributed by atoms with Crippen LogP contribution in [0.15, 0.2) is 18.2 Å². The highest BCUT2D eigenvalue weighted by Crippen LogP contribution is 2.25. The number of nitrogens with one attached hydrogen (secondary N) is 1. The molecule has 0 atom stereocenters. The molecule has 0 spiro atoms. The molecule has 0 heterocycles. The van der Waals surface area contributed by atoms with E-state index in [2.05, 4.69) is 5.43 Å². The van der Waals surface area contributed by atoms with Gasteiger partial charge in [-0.2, -0.15) is 0 Å². The zero-order valence-corrected chi connectivity index (χ0v) is 9.88. The van der Waals surface area contributed by atoms with Gasteiger partial charge in [-0.1, -0.05) is 17.7 Å². The number of methoxy groups -OCH3 is 1. The van der Waals surface area contributed by atoms with Crippen molar-refractivity contribution in [2.45, 2.75) is 19.3 Å². The van der Waals surface area contributed by atoms with Crippen LogP contribution >= 0.6 is 11.6 Å². The number of nitrogens with two attached hydrogens (primary N) is 1. The van der Waals surface area contributed by atoms with Crippen LogP contribution in [0.2, 0.25) is 5.02 Å². The molecule has 0 unspecified atom stereocenters. The van der Waals surface area contributed by atoms with Gasteiger partial charge in [0, 0.05) is 6.42 Å². The first-order chi connectivity index (χ1) is 7.67. The third-order valence-electron chi connectivity index (χ3n) is 2.25. The Hall–Kier alpha value is -1.26. The second-order valence-corrected chi connectivity index (χ2v) is 3.80. The molecule has 1 aromatic carbocycles. The SMILES string of the molecule is COc1ccc(CCCC(=O)NN)cc1Cl.